The molecule has 0 aliphatic rings. The lowest BCUT2D eigenvalue weighted by molar-refractivity contribution is -0.131. The second kappa shape index (κ2) is 8.84. The molecule has 0 atom stereocenters. The van der Waals surface area contributed by atoms with Gasteiger partial charge in [-0.1, -0.05) is 27.5 Å². The van der Waals surface area contributed by atoms with Crippen LogP contribution in [0, 0.1) is 0 Å². The molecule has 0 amide bonds. The van der Waals surface area contributed by atoms with Crippen LogP contribution in [-0.4, -0.2) is 22.6 Å². The Morgan fingerprint density at radius 1 is 1.21 bits per heavy atom. The van der Waals surface area contributed by atoms with Crippen LogP contribution in [0.15, 0.2) is 34.8 Å². The van der Waals surface area contributed by atoms with E-state index in [1.54, 1.807) is 39.0 Å². The number of hydrogen-bond acceptors (Lipinski definition) is 6. The number of ether oxygens (including phenoxy) is 2. The highest BCUT2D eigenvalue weighted by Crippen LogP contribution is 2.33. The van der Waals surface area contributed by atoms with Gasteiger partial charge < -0.3 is 19.9 Å². The Morgan fingerprint density at radius 2 is 1.89 bits per heavy atom. The molecule has 0 radical (unpaired) electrons. The second-order valence-corrected chi connectivity index (χ2v) is 8.38. The van der Waals surface area contributed by atoms with Gasteiger partial charge in [-0.25, -0.2) is 4.79 Å². The van der Waals surface area contributed by atoms with Crippen molar-refractivity contribution in [2.75, 3.05) is 5.32 Å². The van der Waals surface area contributed by atoms with E-state index in [0.29, 0.717) is 16.3 Å². The summed E-state index contributed by atoms with van der Waals surface area (Å²) in [7, 11) is 0. The van der Waals surface area contributed by atoms with Gasteiger partial charge >= 0.3 is 11.9 Å². The molecule has 0 unspecified atom stereocenters. The van der Waals surface area contributed by atoms with E-state index in [0.717, 1.165) is 4.47 Å². The summed E-state index contributed by atoms with van der Waals surface area (Å²) in [5.74, 6) is -1.02. The molecule has 28 heavy (non-hydrogen) atoms. The van der Waals surface area contributed by atoms with E-state index in [1.807, 2.05) is 0 Å². The van der Waals surface area contributed by atoms with Crippen LogP contribution in [0.3, 0.4) is 0 Å². The topological polar surface area (TPSA) is 84.9 Å². The quantitative estimate of drug-likeness (QED) is 0.455. The summed E-state index contributed by atoms with van der Waals surface area (Å²) in [6.45, 7) is 6.82. The summed E-state index contributed by atoms with van der Waals surface area (Å²) in [6.07, 6.45) is 0. The molecule has 2 aromatic carbocycles. The van der Waals surface area contributed by atoms with Gasteiger partial charge in [0.2, 0.25) is 0 Å². The van der Waals surface area contributed by atoms with Gasteiger partial charge in [0.05, 0.1) is 5.02 Å². The van der Waals surface area contributed by atoms with Crippen LogP contribution in [0.4, 0.5) is 5.69 Å². The molecule has 0 aliphatic heterocycles. The first-order valence-corrected chi connectivity index (χ1v) is 9.60. The number of hydrogen-bond donors (Lipinski definition) is 2. The first kappa shape index (κ1) is 22.0. The SMILES string of the molecule is CC(=O)Oc1c(Cl)cc(Br)cc1CNc1ccc(C(=O)OC(C)(C)C)c(O)c1. The van der Waals surface area contributed by atoms with Crippen LogP contribution >= 0.6 is 27.5 Å². The normalized spacial score (nSPS) is 11.1. The number of carbonyl (C=O) groups is 2. The molecular formula is C20H21BrClNO5. The first-order valence-electron chi connectivity index (χ1n) is 8.43. The molecule has 2 aromatic rings. The molecule has 8 heteroatoms. The molecule has 2 N–H and O–H groups in total. The van der Waals surface area contributed by atoms with E-state index in [9.17, 15) is 14.7 Å². The highest BCUT2D eigenvalue weighted by molar-refractivity contribution is 9.10. The maximum atomic E-state index is 12.1. The number of phenolic OH excluding ortho intramolecular Hbond substituents is 1. The Morgan fingerprint density at radius 3 is 2.46 bits per heavy atom. The Bertz CT molecular complexity index is 908. The molecule has 0 saturated carbocycles. The minimum absolute atomic E-state index is 0.0755. The van der Waals surface area contributed by atoms with Crippen LogP contribution in [0.2, 0.25) is 5.02 Å². The second-order valence-electron chi connectivity index (χ2n) is 7.06. The van der Waals surface area contributed by atoms with Crippen LogP contribution in [0.1, 0.15) is 43.6 Å². The minimum atomic E-state index is -0.659. The van der Waals surface area contributed by atoms with Gasteiger partial charge in [-0.3, -0.25) is 4.79 Å². The van der Waals surface area contributed by atoms with Crippen molar-refractivity contribution in [3.8, 4) is 11.5 Å². The van der Waals surface area contributed by atoms with Crippen LogP contribution in [-0.2, 0) is 16.1 Å². The molecule has 6 nitrogen and oxygen atoms in total. The van der Waals surface area contributed by atoms with E-state index in [-0.39, 0.29) is 23.6 Å². The molecule has 0 heterocycles. The summed E-state index contributed by atoms with van der Waals surface area (Å²) in [5, 5.41) is 13.6. The fourth-order valence-electron chi connectivity index (χ4n) is 2.35. The summed E-state index contributed by atoms with van der Waals surface area (Å²) in [5.41, 5.74) is 0.625. The summed E-state index contributed by atoms with van der Waals surface area (Å²) in [6, 6.07) is 7.94. The van der Waals surface area contributed by atoms with Crippen molar-refractivity contribution in [2.24, 2.45) is 0 Å². The van der Waals surface area contributed by atoms with Crippen molar-refractivity contribution >= 4 is 45.2 Å². The molecule has 0 spiro atoms. The molecule has 0 aliphatic carbocycles. The van der Waals surface area contributed by atoms with Crippen molar-refractivity contribution in [1.82, 2.24) is 0 Å². The number of esters is 2. The fourth-order valence-corrected chi connectivity index (χ4v) is 3.26. The predicted molar refractivity (Wildman–Crippen MR) is 111 cm³/mol. The zero-order valence-corrected chi connectivity index (χ0v) is 18.3. The largest absolute Gasteiger partial charge is 0.507 e. The van der Waals surface area contributed by atoms with E-state index in [1.165, 1.54) is 19.1 Å². The van der Waals surface area contributed by atoms with E-state index < -0.39 is 17.5 Å². The molecule has 0 saturated heterocycles. The van der Waals surface area contributed by atoms with Gasteiger partial charge in [-0.2, -0.15) is 0 Å². The van der Waals surface area contributed by atoms with E-state index in [4.69, 9.17) is 21.1 Å². The van der Waals surface area contributed by atoms with Gasteiger partial charge in [0, 0.05) is 35.3 Å². The smallest absolute Gasteiger partial charge is 0.342 e. The van der Waals surface area contributed by atoms with Crippen LogP contribution in [0.25, 0.3) is 0 Å². The van der Waals surface area contributed by atoms with Crippen LogP contribution < -0.4 is 10.1 Å². The number of nitrogens with one attached hydrogen (secondary N) is 1. The highest BCUT2D eigenvalue weighted by Gasteiger charge is 2.20. The number of carbonyl (C=O) groups excluding carboxylic acids is 2. The zero-order chi connectivity index (χ0) is 21.1. The van der Waals surface area contributed by atoms with Crippen molar-refractivity contribution in [2.45, 2.75) is 39.8 Å². The van der Waals surface area contributed by atoms with Gasteiger partial charge in [0.1, 0.15) is 16.9 Å². The van der Waals surface area contributed by atoms with Gasteiger partial charge in [0.15, 0.2) is 5.75 Å². The Hall–Kier alpha value is -2.25. The monoisotopic (exact) mass is 469 g/mol. The number of benzene rings is 2. The third-order valence-corrected chi connectivity index (χ3v) is 4.17. The van der Waals surface area contributed by atoms with E-state index >= 15 is 0 Å². The summed E-state index contributed by atoms with van der Waals surface area (Å²) in [4.78, 5) is 23.5. The molecular weight excluding hydrogens is 450 g/mol. The lowest BCUT2D eigenvalue weighted by Crippen LogP contribution is -2.23. The zero-order valence-electron chi connectivity index (χ0n) is 15.9. The predicted octanol–water partition coefficient (Wildman–Crippen LogP) is 5.30. The van der Waals surface area contributed by atoms with Crippen molar-refractivity contribution in [1.29, 1.82) is 0 Å². The minimum Gasteiger partial charge on any atom is -0.507 e. The summed E-state index contributed by atoms with van der Waals surface area (Å²) < 4.78 is 11.2. The van der Waals surface area contributed by atoms with Gasteiger partial charge in [-0.05, 0) is 45.0 Å². The molecule has 0 fully saturated rings. The maximum absolute atomic E-state index is 12.1. The fraction of sp³-hybridized carbons (Fsp3) is 0.300. The Kier molecular flexibility index (Phi) is 6.96. The van der Waals surface area contributed by atoms with Crippen molar-refractivity contribution in [3.63, 3.8) is 0 Å². The third kappa shape index (κ3) is 6.14. The standard InChI is InChI=1S/C20H21BrClNO5/c1-11(24)27-18-12(7-13(21)8-16(18)22)10-23-14-5-6-15(17(25)9-14)19(26)28-20(2,3)4/h5-9,23,25H,10H2,1-4H3. The number of rotatable bonds is 5. The number of halogens is 2. The molecule has 150 valence electrons. The van der Waals surface area contributed by atoms with Crippen molar-refractivity contribution in [3.05, 3.63) is 51.0 Å². The molecule has 0 aromatic heterocycles. The van der Waals surface area contributed by atoms with Crippen molar-refractivity contribution < 1.29 is 24.2 Å². The number of anilines is 1. The van der Waals surface area contributed by atoms with Crippen LogP contribution in [0.5, 0.6) is 11.5 Å². The Labute approximate surface area is 176 Å². The molecule has 0 bridgehead atoms. The number of phenols is 1. The lowest BCUT2D eigenvalue weighted by Gasteiger charge is -2.20. The third-order valence-electron chi connectivity index (χ3n) is 3.43. The average molecular weight is 471 g/mol. The Balaban J connectivity index is 2.19. The first-order chi connectivity index (χ1) is 13.0. The van der Waals surface area contributed by atoms with Gasteiger partial charge in [-0.15, -0.1) is 0 Å². The lowest BCUT2D eigenvalue weighted by atomic mass is 10.1. The van der Waals surface area contributed by atoms with Gasteiger partial charge in [0.25, 0.3) is 0 Å². The maximum Gasteiger partial charge on any atom is 0.342 e. The average Bonchev–Trinajstić information content (AvgIpc) is 2.53. The summed E-state index contributed by atoms with van der Waals surface area (Å²) >= 11 is 9.52. The molecule has 2 rings (SSSR count). The van der Waals surface area contributed by atoms with E-state index in [2.05, 4.69) is 21.2 Å². The number of aromatic hydroxyl groups is 1. The highest BCUT2D eigenvalue weighted by atomic mass is 79.9.